The van der Waals surface area contributed by atoms with Crippen LogP contribution in [0, 0.1) is 12.8 Å². The van der Waals surface area contributed by atoms with E-state index in [4.69, 9.17) is 14.6 Å². The summed E-state index contributed by atoms with van der Waals surface area (Å²) in [7, 11) is 1.64. The maximum absolute atomic E-state index is 13.5. The molecule has 34 heavy (non-hydrogen) atoms. The molecular formula is C27H33N3O4. The van der Waals surface area contributed by atoms with Gasteiger partial charge in [-0.2, -0.15) is 5.10 Å². The normalized spacial score (nSPS) is 20.7. The first kappa shape index (κ1) is 24.0. The molecule has 0 N–H and O–H groups in total. The predicted molar refractivity (Wildman–Crippen MR) is 131 cm³/mol. The smallest absolute Gasteiger partial charge is 0.310 e. The number of likely N-dealkylation sites (tertiary alicyclic amines) is 1. The van der Waals surface area contributed by atoms with Gasteiger partial charge in [0.05, 0.1) is 37.9 Å². The first-order valence-corrected chi connectivity index (χ1v) is 12.0. The zero-order chi connectivity index (χ0) is 24.1. The van der Waals surface area contributed by atoms with Crippen molar-refractivity contribution in [2.45, 2.75) is 39.2 Å². The zero-order valence-corrected chi connectivity index (χ0v) is 20.2. The number of rotatable bonds is 7. The molecule has 2 atom stereocenters. The minimum Gasteiger partial charge on any atom is -0.497 e. The Morgan fingerprint density at radius 1 is 1.15 bits per heavy atom. The fourth-order valence-electron chi connectivity index (χ4n) is 4.84. The fraction of sp³-hybridized carbons (Fsp3) is 0.444. The van der Waals surface area contributed by atoms with E-state index in [1.165, 1.54) is 0 Å². The Hall–Kier alpha value is -3.19. The third-order valence-electron chi connectivity index (χ3n) is 6.60. The Morgan fingerprint density at radius 3 is 2.74 bits per heavy atom. The van der Waals surface area contributed by atoms with Crippen molar-refractivity contribution < 1.29 is 19.1 Å². The summed E-state index contributed by atoms with van der Waals surface area (Å²) in [6.07, 6.45) is 2.31. The lowest BCUT2D eigenvalue weighted by Crippen LogP contribution is -2.44. The number of carbonyl (C=O) groups is 2. The first-order valence-electron chi connectivity index (χ1n) is 12.0. The molecule has 0 saturated carbocycles. The van der Waals surface area contributed by atoms with Crippen LogP contribution in [0.25, 0.3) is 0 Å². The molecule has 2 aromatic rings. The highest BCUT2D eigenvalue weighted by Crippen LogP contribution is 2.35. The molecule has 4 rings (SSSR count). The van der Waals surface area contributed by atoms with Gasteiger partial charge >= 0.3 is 5.97 Å². The lowest BCUT2D eigenvalue weighted by atomic mass is 9.95. The first-order chi connectivity index (χ1) is 16.5. The second-order valence-electron chi connectivity index (χ2n) is 8.92. The number of hydrogen-bond acceptors (Lipinski definition) is 6. The molecule has 2 aliphatic rings. The number of hydrogen-bond donors (Lipinski definition) is 0. The van der Waals surface area contributed by atoms with Gasteiger partial charge in [-0.1, -0.05) is 36.4 Å². The molecule has 2 aliphatic heterocycles. The number of amides is 1. The van der Waals surface area contributed by atoms with E-state index in [2.05, 4.69) is 24.0 Å². The third-order valence-corrected chi connectivity index (χ3v) is 6.60. The van der Waals surface area contributed by atoms with Crippen LogP contribution in [0.5, 0.6) is 5.75 Å². The second-order valence-corrected chi connectivity index (χ2v) is 8.92. The Kier molecular flexibility index (Phi) is 7.63. The van der Waals surface area contributed by atoms with Crippen LogP contribution in [0.1, 0.15) is 48.9 Å². The lowest BCUT2D eigenvalue weighted by molar-refractivity contribution is -0.150. The van der Waals surface area contributed by atoms with E-state index < -0.39 is 0 Å². The lowest BCUT2D eigenvalue weighted by Gasteiger charge is -2.32. The SMILES string of the molecule is CCOC(=O)C1CCCN(CC(=O)N2N=C(c3cccc(OC)c3)CC2c2ccccc2C)C1. The van der Waals surface area contributed by atoms with Gasteiger partial charge in [-0.25, -0.2) is 5.01 Å². The minimum absolute atomic E-state index is 0.0596. The number of benzene rings is 2. The monoisotopic (exact) mass is 463 g/mol. The summed E-state index contributed by atoms with van der Waals surface area (Å²) in [5.41, 5.74) is 4.05. The van der Waals surface area contributed by atoms with Crippen molar-refractivity contribution in [2.24, 2.45) is 11.0 Å². The van der Waals surface area contributed by atoms with Gasteiger partial charge in [0.25, 0.3) is 5.91 Å². The molecule has 0 spiro atoms. The largest absolute Gasteiger partial charge is 0.497 e. The predicted octanol–water partition coefficient (Wildman–Crippen LogP) is 3.96. The topological polar surface area (TPSA) is 71.4 Å². The van der Waals surface area contributed by atoms with Gasteiger partial charge in [0.2, 0.25) is 0 Å². The number of piperidine rings is 1. The molecule has 7 nitrogen and oxygen atoms in total. The number of nitrogens with zero attached hydrogens (tertiary/aromatic N) is 3. The molecular weight excluding hydrogens is 430 g/mol. The van der Waals surface area contributed by atoms with E-state index in [0.717, 1.165) is 47.5 Å². The third kappa shape index (κ3) is 5.30. The zero-order valence-electron chi connectivity index (χ0n) is 20.2. The molecule has 0 radical (unpaired) electrons. The molecule has 2 heterocycles. The highest BCUT2D eigenvalue weighted by atomic mass is 16.5. The summed E-state index contributed by atoms with van der Waals surface area (Å²) in [5.74, 6) is 0.353. The van der Waals surface area contributed by atoms with Crippen LogP contribution in [0.15, 0.2) is 53.6 Å². The molecule has 2 unspecified atom stereocenters. The molecule has 1 saturated heterocycles. The summed E-state index contributed by atoms with van der Waals surface area (Å²) >= 11 is 0. The van der Waals surface area contributed by atoms with Crippen molar-refractivity contribution in [1.82, 2.24) is 9.91 Å². The standard InChI is InChI=1S/C27H33N3O4/c1-4-34-27(32)21-11-8-14-29(17-21)18-26(31)30-25(23-13-6-5-9-19(23)2)16-24(28-30)20-10-7-12-22(15-20)33-3/h5-7,9-10,12-13,15,21,25H,4,8,11,14,16-18H2,1-3H3. The van der Waals surface area contributed by atoms with E-state index >= 15 is 0 Å². The van der Waals surface area contributed by atoms with Gasteiger partial charge in [0.15, 0.2) is 0 Å². The molecule has 180 valence electrons. The van der Waals surface area contributed by atoms with Crippen molar-refractivity contribution in [3.8, 4) is 5.75 Å². The fourth-order valence-corrected chi connectivity index (χ4v) is 4.84. The maximum Gasteiger partial charge on any atom is 0.310 e. The summed E-state index contributed by atoms with van der Waals surface area (Å²) in [6.45, 7) is 5.82. The second kappa shape index (κ2) is 10.8. The Morgan fingerprint density at radius 2 is 1.97 bits per heavy atom. The number of ether oxygens (including phenoxy) is 2. The number of hydrazone groups is 1. The van der Waals surface area contributed by atoms with Crippen LogP contribution in [0.2, 0.25) is 0 Å². The van der Waals surface area contributed by atoms with E-state index in [9.17, 15) is 9.59 Å². The maximum atomic E-state index is 13.5. The Bertz CT molecular complexity index is 1070. The Balaban J connectivity index is 1.56. The molecule has 0 bridgehead atoms. The number of methoxy groups -OCH3 is 1. The molecule has 1 amide bonds. The van der Waals surface area contributed by atoms with Crippen LogP contribution in [-0.2, 0) is 14.3 Å². The summed E-state index contributed by atoms with van der Waals surface area (Å²) < 4.78 is 10.6. The highest BCUT2D eigenvalue weighted by molar-refractivity contribution is 6.03. The van der Waals surface area contributed by atoms with Gasteiger partial charge in [0, 0.05) is 18.5 Å². The van der Waals surface area contributed by atoms with Gasteiger partial charge in [-0.3, -0.25) is 14.5 Å². The van der Waals surface area contributed by atoms with Crippen LogP contribution in [0.3, 0.4) is 0 Å². The van der Waals surface area contributed by atoms with Crippen molar-refractivity contribution in [3.63, 3.8) is 0 Å². The molecule has 2 aromatic carbocycles. The molecule has 1 fully saturated rings. The van der Waals surface area contributed by atoms with Crippen LogP contribution in [-0.4, -0.2) is 60.8 Å². The number of esters is 1. The minimum atomic E-state index is -0.178. The quantitative estimate of drug-likeness (QED) is 0.582. The summed E-state index contributed by atoms with van der Waals surface area (Å²) in [5, 5.41) is 6.45. The van der Waals surface area contributed by atoms with Gasteiger partial charge in [0.1, 0.15) is 5.75 Å². The number of carbonyl (C=O) groups excluding carboxylic acids is 2. The Labute approximate surface area is 201 Å². The average Bonchev–Trinajstić information content (AvgIpc) is 3.30. The highest BCUT2D eigenvalue weighted by Gasteiger charge is 2.36. The van der Waals surface area contributed by atoms with Crippen LogP contribution >= 0.6 is 0 Å². The van der Waals surface area contributed by atoms with E-state index in [0.29, 0.717) is 19.6 Å². The van der Waals surface area contributed by atoms with E-state index in [1.807, 2.05) is 43.3 Å². The van der Waals surface area contributed by atoms with Gasteiger partial charge in [-0.15, -0.1) is 0 Å². The van der Waals surface area contributed by atoms with Crippen LogP contribution < -0.4 is 4.74 Å². The molecule has 0 aromatic heterocycles. The van der Waals surface area contributed by atoms with Crippen molar-refractivity contribution in [1.29, 1.82) is 0 Å². The molecule has 7 heteroatoms. The van der Waals surface area contributed by atoms with Gasteiger partial charge < -0.3 is 9.47 Å². The molecule has 0 aliphatic carbocycles. The van der Waals surface area contributed by atoms with Crippen molar-refractivity contribution >= 4 is 17.6 Å². The van der Waals surface area contributed by atoms with Gasteiger partial charge in [-0.05, 0) is 56.5 Å². The number of aryl methyl sites for hydroxylation is 1. The summed E-state index contributed by atoms with van der Waals surface area (Å²) in [6, 6.07) is 15.8. The van der Waals surface area contributed by atoms with E-state index in [1.54, 1.807) is 12.1 Å². The summed E-state index contributed by atoms with van der Waals surface area (Å²) in [4.78, 5) is 27.8. The van der Waals surface area contributed by atoms with Crippen molar-refractivity contribution in [3.05, 3.63) is 65.2 Å². The van der Waals surface area contributed by atoms with E-state index in [-0.39, 0.29) is 30.4 Å². The van der Waals surface area contributed by atoms with Crippen molar-refractivity contribution in [2.75, 3.05) is 33.4 Å². The average molecular weight is 464 g/mol. The van der Waals surface area contributed by atoms with Crippen LogP contribution in [0.4, 0.5) is 0 Å².